The molecule has 45 heteroatoms. The third-order valence-electron chi connectivity index (χ3n) is 18.8. The van der Waals surface area contributed by atoms with Crippen LogP contribution in [-0.2, 0) is 158 Å². The summed E-state index contributed by atoms with van der Waals surface area (Å²) in [7, 11) is 3.06. The molecule has 45 nitrogen and oxygen atoms in total. The standard InChI is InChI=1S/C42H71N5O15.C34H59N5O13.C13H22N2O5/c1-31(48)37(46-39(54)29-60-26-24-58-22-20-44-32(2)49)17-8-4-6-12-34(51)14-10-16-36(53)28-62-41(56)19-11-15-35(52)13-7-5-9-18-38(42(43)57)47-40(55)30-61-27-25-59-23-21-45-33(3)50;1-25(40)29(38-31(44)23-50-20-18-48-16-14-36-26(2)41)11-7-4-6-10-28(43)22-52-33(46)13-9-5-8-12-30(34(35)47)39-32(45)24-51-21-19-49-17-15-37-27(3)42;1-14-11(17)6-3-5-10(16)9-20-13(19)8-4-7-12(18)15-2/h37-38H,4-30H2,1-3H3,(H2,43,57)(H,44,49)(H,45,50)(H,46,54)(H,47,55);29-30H,4-24H2,1-3H3,(H2,35,47)(H,36,41)(H,37,42)(H,38,44)(H,39,45);3-9H2,1-2H3,(H,14,17)(H,15,18). The lowest BCUT2D eigenvalue weighted by molar-refractivity contribution is -0.148. The molecule has 0 bridgehead atoms. The van der Waals surface area contributed by atoms with Crippen molar-refractivity contribution in [3.05, 3.63) is 0 Å². The Morgan fingerprint density at radius 3 is 0.709 bits per heavy atom. The molecule has 0 fully saturated rings. The molecule has 0 heterocycles. The van der Waals surface area contributed by atoms with E-state index in [0.717, 1.165) is 0 Å². The van der Waals surface area contributed by atoms with Crippen molar-refractivity contribution in [1.29, 1.82) is 0 Å². The van der Waals surface area contributed by atoms with Crippen molar-refractivity contribution in [3.63, 3.8) is 0 Å². The highest BCUT2D eigenvalue weighted by atomic mass is 16.6. The number of ether oxygens (including phenoxy) is 11. The van der Waals surface area contributed by atoms with Crippen LogP contribution in [0.1, 0.15) is 247 Å². The third-order valence-corrected chi connectivity index (χ3v) is 18.8. The molecule has 0 saturated heterocycles. The van der Waals surface area contributed by atoms with Gasteiger partial charge in [-0.15, -0.1) is 0 Å². The van der Waals surface area contributed by atoms with E-state index in [-0.39, 0.29) is 245 Å². The van der Waals surface area contributed by atoms with E-state index in [1.807, 2.05) is 0 Å². The summed E-state index contributed by atoms with van der Waals surface area (Å²) < 4.78 is 56.9. The molecule has 0 aliphatic heterocycles. The molecule has 0 spiro atoms. The fourth-order valence-electron chi connectivity index (χ4n) is 11.5. The van der Waals surface area contributed by atoms with Crippen LogP contribution in [0.25, 0.3) is 0 Å². The maximum atomic E-state index is 12.3. The number of amides is 12. The maximum absolute atomic E-state index is 12.3. The molecule has 0 saturated carbocycles. The molecule has 4 unspecified atom stereocenters. The van der Waals surface area contributed by atoms with E-state index < -0.39 is 84.1 Å². The molecule has 12 amide bonds. The number of Topliss-reactive ketones (excluding diaryl/α,β-unsaturated/α-hetero) is 7. The summed E-state index contributed by atoms with van der Waals surface area (Å²) in [6.45, 7) is 10.9. The second-order valence-corrected chi connectivity index (χ2v) is 30.9. The first kappa shape index (κ1) is 128. The number of esters is 3. The molecular weight excluding hydrogens is 1770 g/mol. The fraction of sp³-hybridized carbons (Fsp3) is 0.753. The van der Waals surface area contributed by atoms with Crippen LogP contribution in [0.5, 0.6) is 0 Å². The van der Waals surface area contributed by atoms with Crippen molar-refractivity contribution in [2.45, 2.75) is 271 Å². The number of primary amides is 2. The van der Waals surface area contributed by atoms with E-state index in [4.69, 9.17) is 63.6 Å². The zero-order valence-electron chi connectivity index (χ0n) is 79.8. The first-order valence-corrected chi connectivity index (χ1v) is 45.7. The number of hydrogen-bond donors (Lipinski definition) is 12. The van der Waals surface area contributed by atoms with Gasteiger partial charge in [-0.2, -0.15) is 0 Å². The number of hydrogen-bond acceptors (Lipinski definition) is 33. The van der Waals surface area contributed by atoms with Crippen LogP contribution in [0.4, 0.5) is 0 Å². The van der Waals surface area contributed by atoms with Gasteiger partial charge in [0.1, 0.15) is 69.9 Å². The lowest BCUT2D eigenvalue weighted by atomic mass is 10.0. The topological polar surface area (TPSA) is 649 Å². The Hall–Kier alpha value is -10.6. The number of nitrogens with one attached hydrogen (secondary N) is 10. The Morgan fingerprint density at radius 2 is 0.440 bits per heavy atom. The summed E-state index contributed by atoms with van der Waals surface area (Å²) in [5.41, 5.74) is 10.8. The minimum Gasteiger partial charge on any atom is -0.458 e. The highest BCUT2D eigenvalue weighted by Gasteiger charge is 2.23. The Kier molecular flexibility index (Phi) is 83.5. The Morgan fingerprint density at radius 1 is 0.224 bits per heavy atom. The number of nitrogens with two attached hydrogens (primary N) is 2. The number of rotatable bonds is 86. The van der Waals surface area contributed by atoms with E-state index in [2.05, 4.69) is 53.2 Å². The summed E-state index contributed by atoms with van der Waals surface area (Å²) in [5, 5.41) is 25.6. The Balaban J connectivity index is -0.00000214. The minimum atomic E-state index is -0.882. The van der Waals surface area contributed by atoms with Gasteiger partial charge in [0, 0.05) is 145 Å². The van der Waals surface area contributed by atoms with Crippen LogP contribution in [0.15, 0.2) is 0 Å². The zero-order valence-corrected chi connectivity index (χ0v) is 79.8. The quantitative estimate of drug-likeness (QED) is 0.0219. The van der Waals surface area contributed by atoms with Crippen molar-refractivity contribution < 1.29 is 158 Å². The molecule has 0 radical (unpaired) electrons. The number of carbonyl (C=O) groups is 22. The lowest BCUT2D eigenvalue weighted by Gasteiger charge is -2.16. The molecule has 134 heavy (non-hydrogen) atoms. The molecule has 766 valence electrons. The van der Waals surface area contributed by atoms with Crippen molar-refractivity contribution in [2.75, 3.05) is 166 Å². The van der Waals surface area contributed by atoms with Gasteiger partial charge in [0.15, 0.2) is 28.9 Å². The van der Waals surface area contributed by atoms with Gasteiger partial charge in [-0.1, -0.05) is 51.4 Å². The van der Waals surface area contributed by atoms with Gasteiger partial charge in [-0.3, -0.25) is 105 Å². The Bertz CT molecular complexity index is 3280. The Labute approximate surface area is 785 Å². The van der Waals surface area contributed by atoms with Gasteiger partial charge in [-0.25, -0.2) is 0 Å². The van der Waals surface area contributed by atoms with Crippen molar-refractivity contribution in [3.8, 4) is 0 Å². The lowest BCUT2D eigenvalue weighted by Crippen LogP contribution is -2.45. The van der Waals surface area contributed by atoms with E-state index >= 15 is 0 Å². The molecule has 0 aromatic rings. The summed E-state index contributed by atoms with van der Waals surface area (Å²) in [5.74, 6) is -6.79. The molecular formula is C89H152N12O33. The monoisotopic (exact) mass is 1920 g/mol. The highest BCUT2D eigenvalue weighted by molar-refractivity contribution is 5.91. The first-order chi connectivity index (χ1) is 63.9. The third kappa shape index (κ3) is 89.3. The molecule has 0 rings (SSSR count). The van der Waals surface area contributed by atoms with E-state index in [9.17, 15) is 105 Å². The molecule has 0 aliphatic rings. The van der Waals surface area contributed by atoms with Crippen molar-refractivity contribution in [1.82, 2.24) is 53.2 Å². The van der Waals surface area contributed by atoms with Crippen LogP contribution in [0.2, 0.25) is 0 Å². The van der Waals surface area contributed by atoms with Gasteiger partial charge >= 0.3 is 17.9 Å². The SMILES string of the molecule is CC(=O)NCCOCCOCC(=O)NC(CCCCCC(=O)CCCC(=O)COC(=O)CCCC(=O)CCCCCC(NC(=O)COCCOCCNC(C)=O)C(N)=O)C(C)=O.CC(=O)NCCOCCOCC(=O)NC(CCCCCC(=O)COC(=O)CCCCCC(NC(=O)COCCOCCNC(C)=O)C(N)=O)C(C)=O.CNC(=O)CCCC(=O)COC(=O)CCCC(=O)NC. The average molecular weight is 1920 g/mol. The highest BCUT2D eigenvalue weighted by Crippen LogP contribution is 2.15. The first-order valence-electron chi connectivity index (χ1n) is 45.7. The van der Waals surface area contributed by atoms with Gasteiger partial charge in [0.2, 0.25) is 70.9 Å². The second-order valence-electron chi connectivity index (χ2n) is 30.9. The van der Waals surface area contributed by atoms with Gasteiger partial charge in [-0.05, 0) is 90.9 Å². The molecule has 14 N–H and O–H groups in total. The normalized spacial score (nSPS) is 11.5. The van der Waals surface area contributed by atoms with E-state index in [0.29, 0.717) is 181 Å². The summed E-state index contributed by atoms with van der Waals surface area (Å²) in [6.07, 6.45) is 12.1. The fourth-order valence-corrected chi connectivity index (χ4v) is 11.5. The molecule has 4 atom stereocenters. The predicted molar refractivity (Wildman–Crippen MR) is 483 cm³/mol. The summed E-state index contributed by atoms with van der Waals surface area (Å²) in [6, 6.07) is -3.07. The molecule has 0 aromatic heterocycles. The van der Waals surface area contributed by atoms with Gasteiger partial charge in [0.05, 0.1) is 91.4 Å². The molecule has 0 aliphatic carbocycles. The summed E-state index contributed by atoms with van der Waals surface area (Å²) in [4.78, 5) is 256. The number of ketones is 7. The zero-order chi connectivity index (χ0) is 101. The maximum Gasteiger partial charge on any atom is 0.306 e. The average Bonchev–Trinajstić information content (AvgIpc) is 0.946. The van der Waals surface area contributed by atoms with Crippen LogP contribution in [0.3, 0.4) is 0 Å². The number of unbranched alkanes of at least 4 members (excludes halogenated alkanes) is 8. The van der Waals surface area contributed by atoms with Crippen LogP contribution >= 0.6 is 0 Å². The van der Waals surface area contributed by atoms with Crippen LogP contribution < -0.4 is 64.6 Å². The van der Waals surface area contributed by atoms with E-state index in [1.54, 1.807) is 0 Å². The summed E-state index contributed by atoms with van der Waals surface area (Å²) >= 11 is 0. The number of carbonyl (C=O) groups excluding carboxylic acids is 22. The van der Waals surface area contributed by atoms with Gasteiger partial charge < -0.3 is 117 Å². The van der Waals surface area contributed by atoms with Crippen LogP contribution in [-0.4, -0.2) is 319 Å². The van der Waals surface area contributed by atoms with Crippen LogP contribution in [0, 0.1) is 0 Å². The minimum absolute atomic E-state index is 0.00385. The van der Waals surface area contributed by atoms with Gasteiger partial charge in [0.25, 0.3) is 0 Å². The second kappa shape index (κ2) is 87.7. The van der Waals surface area contributed by atoms with E-state index in [1.165, 1.54) is 55.6 Å². The predicted octanol–water partition coefficient (Wildman–Crippen LogP) is 0.175. The van der Waals surface area contributed by atoms with Crippen molar-refractivity contribution in [2.24, 2.45) is 11.5 Å². The smallest absolute Gasteiger partial charge is 0.306 e. The van der Waals surface area contributed by atoms with Crippen molar-refractivity contribution >= 4 is 129 Å². The largest absolute Gasteiger partial charge is 0.458 e. The molecule has 0 aromatic carbocycles.